The molecule has 7 heteroatoms. The monoisotopic (exact) mass is 415 g/mol. The molecule has 0 unspecified atom stereocenters. The van der Waals surface area contributed by atoms with Crippen molar-refractivity contribution in [2.75, 3.05) is 41.6 Å². The molecule has 29 heavy (non-hydrogen) atoms. The summed E-state index contributed by atoms with van der Waals surface area (Å²) in [4.78, 5) is 14.7. The lowest BCUT2D eigenvalue weighted by Crippen LogP contribution is -2.41. The second-order valence-electron chi connectivity index (χ2n) is 7.53. The third-order valence-electron chi connectivity index (χ3n) is 5.14. The normalized spacial score (nSPS) is 13.7. The summed E-state index contributed by atoms with van der Waals surface area (Å²) in [6.45, 7) is 4.13. The molecule has 1 aliphatic rings. The van der Waals surface area contributed by atoms with Gasteiger partial charge in [-0.3, -0.25) is 9.10 Å². The van der Waals surface area contributed by atoms with E-state index in [4.69, 9.17) is 0 Å². The van der Waals surface area contributed by atoms with Gasteiger partial charge in [0.2, 0.25) is 15.9 Å². The van der Waals surface area contributed by atoms with E-state index in [-0.39, 0.29) is 12.5 Å². The van der Waals surface area contributed by atoms with Gasteiger partial charge in [0.25, 0.3) is 0 Å². The molecule has 1 heterocycles. The summed E-state index contributed by atoms with van der Waals surface area (Å²) >= 11 is 0. The third kappa shape index (κ3) is 5.73. The number of hydrogen-bond acceptors (Lipinski definition) is 4. The van der Waals surface area contributed by atoms with Crippen molar-refractivity contribution in [1.29, 1.82) is 0 Å². The number of para-hydroxylation sites is 1. The highest BCUT2D eigenvalue weighted by Crippen LogP contribution is 2.26. The quantitative estimate of drug-likeness (QED) is 0.673. The van der Waals surface area contributed by atoms with Crippen LogP contribution >= 0.6 is 0 Å². The minimum Gasteiger partial charge on any atom is -0.371 e. The number of amides is 1. The van der Waals surface area contributed by atoms with Crippen LogP contribution in [0.1, 0.15) is 24.0 Å². The van der Waals surface area contributed by atoms with E-state index in [0.29, 0.717) is 12.2 Å². The Morgan fingerprint density at radius 3 is 2.59 bits per heavy atom. The van der Waals surface area contributed by atoms with E-state index in [1.165, 1.54) is 11.3 Å². The van der Waals surface area contributed by atoms with E-state index in [0.717, 1.165) is 48.5 Å². The maximum Gasteiger partial charge on any atom is 0.240 e. The molecule has 0 saturated heterocycles. The number of rotatable bonds is 8. The van der Waals surface area contributed by atoms with Gasteiger partial charge in [-0.25, -0.2) is 8.42 Å². The number of fused-ring (bicyclic) bond motifs is 1. The minimum absolute atomic E-state index is 0.214. The van der Waals surface area contributed by atoms with Gasteiger partial charge < -0.3 is 10.2 Å². The summed E-state index contributed by atoms with van der Waals surface area (Å²) in [6.07, 6.45) is 4.18. The van der Waals surface area contributed by atoms with Gasteiger partial charge in [0.15, 0.2) is 0 Å². The molecule has 0 atom stereocenters. The van der Waals surface area contributed by atoms with Crippen molar-refractivity contribution in [1.82, 2.24) is 5.32 Å². The topological polar surface area (TPSA) is 69.7 Å². The number of carbonyl (C=O) groups excluding carboxylic acids is 1. The van der Waals surface area contributed by atoms with Crippen LogP contribution in [-0.2, 0) is 21.2 Å². The molecule has 0 radical (unpaired) electrons. The van der Waals surface area contributed by atoms with E-state index < -0.39 is 10.0 Å². The number of aryl methyl sites for hydroxylation is 2. The number of nitrogens with one attached hydrogen (secondary N) is 1. The van der Waals surface area contributed by atoms with Crippen molar-refractivity contribution in [2.45, 2.75) is 26.2 Å². The van der Waals surface area contributed by atoms with Crippen LogP contribution in [0, 0.1) is 6.92 Å². The predicted octanol–water partition coefficient (Wildman–Crippen LogP) is 2.72. The number of nitrogens with zero attached hydrogens (tertiary/aromatic N) is 2. The molecule has 0 spiro atoms. The summed E-state index contributed by atoms with van der Waals surface area (Å²) in [6, 6.07) is 15.6. The molecule has 1 N–H and O–H groups in total. The van der Waals surface area contributed by atoms with Gasteiger partial charge in [-0.15, -0.1) is 0 Å². The molecule has 6 nitrogen and oxygen atoms in total. The Hall–Kier alpha value is -2.54. The highest BCUT2D eigenvalue weighted by atomic mass is 32.2. The van der Waals surface area contributed by atoms with Gasteiger partial charge in [0, 0.05) is 25.3 Å². The summed E-state index contributed by atoms with van der Waals surface area (Å²) in [5.74, 6) is -0.296. The second-order valence-corrected chi connectivity index (χ2v) is 9.43. The average molecular weight is 416 g/mol. The van der Waals surface area contributed by atoms with Crippen molar-refractivity contribution in [3.8, 4) is 0 Å². The fourth-order valence-electron chi connectivity index (χ4n) is 3.64. The Balaban J connectivity index is 1.51. The Labute approximate surface area is 173 Å². The molecule has 2 aromatic rings. The van der Waals surface area contributed by atoms with Gasteiger partial charge in [-0.1, -0.05) is 35.9 Å². The molecule has 0 bridgehead atoms. The first kappa shape index (κ1) is 21.2. The predicted molar refractivity (Wildman–Crippen MR) is 118 cm³/mol. The van der Waals surface area contributed by atoms with Crippen molar-refractivity contribution < 1.29 is 13.2 Å². The zero-order chi connectivity index (χ0) is 20.9. The van der Waals surface area contributed by atoms with E-state index in [2.05, 4.69) is 34.5 Å². The Bertz CT molecular complexity index is 942. The van der Waals surface area contributed by atoms with Crippen LogP contribution in [0.3, 0.4) is 0 Å². The molecule has 2 aromatic carbocycles. The zero-order valence-electron chi connectivity index (χ0n) is 17.1. The van der Waals surface area contributed by atoms with Crippen LogP contribution in [0.4, 0.5) is 11.4 Å². The van der Waals surface area contributed by atoms with Crippen LogP contribution in [0.2, 0.25) is 0 Å². The highest BCUT2D eigenvalue weighted by Gasteiger charge is 2.21. The van der Waals surface area contributed by atoms with Crippen molar-refractivity contribution in [3.05, 3.63) is 59.7 Å². The smallest absolute Gasteiger partial charge is 0.240 e. The van der Waals surface area contributed by atoms with Crippen LogP contribution in [-0.4, -0.2) is 46.8 Å². The first-order valence-corrected chi connectivity index (χ1v) is 11.8. The third-order valence-corrected chi connectivity index (χ3v) is 6.28. The van der Waals surface area contributed by atoms with Crippen molar-refractivity contribution in [2.24, 2.45) is 0 Å². The summed E-state index contributed by atoms with van der Waals surface area (Å²) < 4.78 is 25.4. The molecular formula is C22H29N3O3S. The first-order valence-electron chi connectivity index (χ1n) is 9.98. The van der Waals surface area contributed by atoms with Crippen LogP contribution in [0.15, 0.2) is 48.5 Å². The molecule has 3 rings (SSSR count). The number of carbonyl (C=O) groups is 1. The molecule has 0 aliphatic carbocycles. The lowest BCUT2D eigenvalue weighted by atomic mass is 10.0. The standard InChI is InChI=1S/C22H29N3O3S/c1-18-10-12-20(13-11-18)25(29(2,27)28)17-22(26)23-14-6-16-24-15-5-8-19-7-3-4-9-21(19)24/h3-4,7,9-13H,5-6,8,14-17H2,1-2H3,(H,23,26). The SMILES string of the molecule is Cc1ccc(N(CC(=O)NCCCN2CCCc3ccccc32)S(C)(=O)=O)cc1. The summed E-state index contributed by atoms with van der Waals surface area (Å²) in [5.41, 5.74) is 4.20. The molecular weight excluding hydrogens is 386 g/mol. The van der Waals surface area contributed by atoms with Gasteiger partial charge in [-0.05, 0) is 49.9 Å². The van der Waals surface area contributed by atoms with Crippen molar-refractivity contribution >= 4 is 27.3 Å². The molecule has 1 aliphatic heterocycles. The van der Waals surface area contributed by atoms with Crippen molar-refractivity contribution in [3.63, 3.8) is 0 Å². The maximum absolute atomic E-state index is 12.4. The largest absolute Gasteiger partial charge is 0.371 e. The number of hydrogen-bond donors (Lipinski definition) is 1. The summed E-state index contributed by atoms with van der Waals surface area (Å²) in [7, 11) is -3.54. The van der Waals surface area contributed by atoms with Gasteiger partial charge in [0.05, 0.1) is 11.9 Å². The Morgan fingerprint density at radius 1 is 1.14 bits per heavy atom. The van der Waals surface area contributed by atoms with Gasteiger partial charge in [-0.2, -0.15) is 0 Å². The van der Waals surface area contributed by atoms with Crippen LogP contribution in [0.25, 0.3) is 0 Å². The lowest BCUT2D eigenvalue weighted by Gasteiger charge is -2.31. The van der Waals surface area contributed by atoms with Gasteiger partial charge in [0.1, 0.15) is 6.54 Å². The van der Waals surface area contributed by atoms with E-state index in [9.17, 15) is 13.2 Å². The summed E-state index contributed by atoms with van der Waals surface area (Å²) in [5, 5.41) is 2.86. The number of benzene rings is 2. The second kappa shape index (κ2) is 9.31. The van der Waals surface area contributed by atoms with E-state index in [1.807, 2.05) is 19.1 Å². The fourth-order valence-corrected chi connectivity index (χ4v) is 4.50. The zero-order valence-corrected chi connectivity index (χ0v) is 17.9. The first-order chi connectivity index (χ1) is 13.8. The highest BCUT2D eigenvalue weighted by molar-refractivity contribution is 7.92. The molecule has 0 aromatic heterocycles. The Morgan fingerprint density at radius 2 is 1.86 bits per heavy atom. The minimum atomic E-state index is -3.54. The van der Waals surface area contributed by atoms with Crippen LogP contribution < -0.4 is 14.5 Å². The number of sulfonamides is 1. The maximum atomic E-state index is 12.4. The lowest BCUT2D eigenvalue weighted by molar-refractivity contribution is -0.119. The Kier molecular flexibility index (Phi) is 6.79. The van der Waals surface area contributed by atoms with E-state index in [1.54, 1.807) is 12.1 Å². The molecule has 0 fully saturated rings. The van der Waals surface area contributed by atoms with E-state index >= 15 is 0 Å². The molecule has 0 saturated carbocycles. The molecule has 1 amide bonds. The molecule has 156 valence electrons. The average Bonchev–Trinajstić information content (AvgIpc) is 2.69. The van der Waals surface area contributed by atoms with Gasteiger partial charge >= 0.3 is 0 Å². The van der Waals surface area contributed by atoms with Crippen LogP contribution in [0.5, 0.6) is 0 Å². The number of anilines is 2. The fraction of sp³-hybridized carbons (Fsp3) is 0.409.